The molecule has 0 spiro atoms. The number of ether oxygens (including phenoxy) is 1. The third-order valence-corrected chi connectivity index (χ3v) is 6.49. The van der Waals surface area contributed by atoms with Crippen molar-refractivity contribution in [3.05, 3.63) is 24.3 Å². The molecule has 1 amide bonds. The highest BCUT2D eigenvalue weighted by Gasteiger charge is 2.34. The van der Waals surface area contributed by atoms with E-state index in [-0.39, 0.29) is 17.5 Å². The van der Waals surface area contributed by atoms with Gasteiger partial charge in [0.25, 0.3) is 0 Å². The van der Waals surface area contributed by atoms with Crippen LogP contribution >= 0.6 is 0 Å². The number of benzene rings is 1. The van der Waals surface area contributed by atoms with Crippen molar-refractivity contribution in [3.63, 3.8) is 0 Å². The summed E-state index contributed by atoms with van der Waals surface area (Å²) in [6.45, 7) is -0.236. The molecular formula is C15H22N2O5S. The first kappa shape index (κ1) is 17.7. The summed E-state index contributed by atoms with van der Waals surface area (Å²) in [7, 11) is -1.88. The highest BCUT2D eigenvalue weighted by Crippen LogP contribution is 2.31. The molecule has 2 rings (SSSR count). The van der Waals surface area contributed by atoms with Crippen LogP contribution in [0.15, 0.2) is 29.2 Å². The number of primary amides is 1. The molecule has 0 bridgehead atoms. The van der Waals surface area contributed by atoms with E-state index in [0.717, 1.165) is 5.06 Å². The van der Waals surface area contributed by atoms with E-state index in [2.05, 4.69) is 0 Å². The highest BCUT2D eigenvalue weighted by atomic mass is 32.2. The minimum atomic E-state index is -3.41. The lowest BCUT2D eigenvalue weighted by molar-refractivity contribution is -0.151. The first-order valence-corrected chi connectivity index (χ1v) is 9.01. The van der Waals surface area contributed by atoms with Gasteiger partial charge in [0.05, 0.1) is 17.3 Å². The quantitative estimate of drug-likeness (QED) is 0.745. The number of hydrogen-bond donors (Lipinski definition) is 2. The van der Waals surface area contributed by atoms with Gasteiger partial charge in [-0.15, -0.1) is 0 Å². The second-order valence-electron chi connectivity index (χ2n) is 5.71. The summed E-state index contributed by atoms with van der Waals surface area (Å²) in [4.78, 5) is 11.1. The van der Waals surface area contributed by atoms with Crippen molar-refractivity contribution in [3.8, 4) is 5.75 Å². The molecule has 1 saturated carbocycles. The number of nitrogens with two attached hydrogens (primary N) is 1. The van der Waals surface area contributed by atoms with Gasteiger partial charge in [-0.05, 0) is 49.9 Å². The van der Waals surface area contributed by atoms with Gasteiger partial charge in [0.2, 0.25) is 5.91 Å². The van der Waals surface area contributed by atoms with Crippen molar-refractivity contribution in [1.82, 2.24) is 5.06 Å². The average Bonchev–Trinajstić information content (AvgIpc) is 2.54. The molecule has 7 nitrogen and oxygen atoms in total. The van der Waals surface area contributed by atoms with Crippen LogP contribution in [-0.4, -0.2) is 49.5 Å². The molecule has 23 heavy (non-hydrogen) atoms. The number of sulfone groups is 1. The predicted octanol–water partition coefficient (Wildman–Crippen LogP) is 0.957. The minimum absolute atomic E-state index is 0.232. The molecule has 1 fully saturated rings. The molecule has 1 aliphatic rings. The SMILES string of the molecule is COc1ccc(S(=O)(=O)C2CCC(N(O)CC(N)=O)CC2)cc1. The Bertz CT molecular complexity index is 636. The van der Waals surface area contributed by atoms with Crippen LogP contribution in [0, 0.1) is 0 Å². The lowest BCUT2D eigenvalue weighted by atomic mass is 9.95. The van der Waals surface area contributed by atoms with Crippen molar-refractivity contribution in [2.75, 3.05) is 13.7 Å². The van der Waals surface area contributed by atoms with Crippen LogP contribution in [-0.2, 0) is 14.6 Å². The first-order chi connectivity index (χ1) is 10.8. The van der Waals surface area contributed by atoms with Crippen molar-refractivity contribution < 1.29 is 23.2 Å². The number of methoxy groups -OCH3 is 1. The number of carbonyl (C=O) groups excluding carboxylic acids is 1. The maximum Gasteiger partial charge on any atom is 0.234 e. The van der Waals surface area contributed by atoms with Gasteiger partial charge < -0.3 is 15.7 Å². The van der Waals surface area contributed by atoms with Gasteiger partial charge in [-0.3, -0.25) is 4.79 Å². The van der Waals surface area contributed by atoms with Crippen LogP contribution in [0.25, 0.3) is 0 Å². The Morgan fingerprint density at radius 2 is 1.83 bits per heavy atom. The lowest BCUT2D eigenvalue weighted by Crippen LogP contribution is -2.42. The Labute approximate surface area is 135 Å². The molecule has 1 aromatic rings. The smallest absolute Gasteiger partial charge is 0.234 e. The molecule has 0 aliphatic heterocycles. The monoisotopic (exact) mass is 342 g/mol. The zero-order valence-electron chi connectivity index (χ0n) is 13.0. The minimum Gasteiger partial charge on any atom is -0.497 e. The molecular weight excluding hydrogens is 320 g/mol. The van der Waals surface area contributed by atoms with Gasteiger partial charge in [0.1, 0.15) is 12.3 Å². The summed E-state index contributed by atoms with van der Waals surface area (Å²) < 4.78 is 30.3. The van der Waals surface area contributed by atoms with E-state index in [4.69, 9.17) is 10.5 Å². The summed E-state index contributed by atoms with van der Waals surface area (Å²) in [5.74, 6) is -0.00416. The molecule has 0 atom stereocenters. The molecule has 0 aromatic heterocycles. The summed E-state index contributed by atoms with van der Waals surface area (Å²) in [5.41, 5.74) is 5.05. The molecule has 8 heteroatoms. The second-order valence-corrected chi connectivity index (χ2v) is 7.94. The van der Waals surface area contributed by atoms with E-state index in [1.807, 2.05) is 0 Å². The number of rotatable bonds is 6. The Balaban J connectivity index is 2.01. The molecule has 0 radical (unpaired) electrons. The fourth-order valence-corrected chi connectivity index (χ4v) is 4.69. The van der Waals surface area contributed by atoms with E-state index in [1.165, 1.54) is 7.11 Å². The van der Waals surface area contributed by atoms with Crippen LogP contribution < -0.4 is 10.5 Å². The van der Waals surface area contributed by atoms with Crippen LogP contribution in [0.4, 0.5) is 0 Å². The summed E-state index contributed by atoms with van der Waals surface area (Å²) >= 11 is 0. The Morgan fingerprint density at radius 3 is 2.30 bits per heavy atom. The molecule has 0 heterocycles. The van der Waals surface area contributed by atoms with Gasteiger partial charge in [-0.1, -0.05) is 0 Å². The van der Waals surface area contributed by atoms with Crippen LogP contribution in [0.1, 0.15) is 25.7 Å². The normalized spacial score (nSPS) is 22.0. The molecule has 1 aromatic carbocycles. The fraction of sp³-hybridized carbons (Fsp3) is 0.533. The lowest BCUT2D eigenvalue weighted by Gasteiger charge is -2.32. The summed E-state index contributed by atoms with van der Waals surface area (Å²) in [5, 5.41) is 10.2. The number of amides is 1. The number of hydroxylamine groups is 2. The fourth-order valence-electron chi connectivity index (χ4n) is 2.90. The maximum absolute atomic E-state index is 12.7. The van der Waals surface area contributed by atoms with Gasteiger partial charge >= 0.3 is 0 Å². The van der Waals surface area contributed by atoms with Crippen LogP contribution in [0.3, 0.4) is 0 Å². The number of nitrogens with zero attached hydrogens (tertiary/aromatic N) is 1. The molecule has 128 valence electrons. The van der Waals surface area contributed by atoms with E-state index >= 15 is 0 Å². The predicted molar refractivity (Wildman–Crippen MR) is 83.9 cm³/mol. The molecule has 3 N–H and O–H groups in total. The zero-order chi connectivity index (χ0) is 17.0. The number of carbonyl (C=O) groups is 1. The Hall–Kier alpha value is -1.64. The van der Waals surface area contributed by atoms with Gasteiger partial charge in [-0.2, -0.15) is 5.06 Å². The van der Waals surface area contributed by atoms with E-state index in [9.17, 15) is 18.4 Å². The summed E-state index contributed by atoms with van der Waals surface area (Å²) in [6, 6.07) is 6.11. The third kappa shape index (κ3) is 4.21. The van der Waals surface area contributed by atoms with Gasteiger partial charge in [0, 0.05) is 6.04 Å². The van der Waals surface area contributed by atoms with Crippen LogP contribution in [0.2, 0.25) is 0 Å². The standard InChI is InChI=1S/C15H22N2O5S/c1-22-12-4-8-14(9-5-12)23(20,21)13-6-2-11(3-7-13)17(19)10-15(16)18/h4-5,8-9,11,13,19H,2-3,6-7,10H2,1H3,(H2,16,18). The topological polar surface area (TPSA) is 110 Å². The van der Waals surface area contributed by atoms with Crippen molar-refractivity contribution in [1.29, 1.82) is 0 Å². The van der Waals surface area contributed by atoms with Gasteiger partial charge in [0.15, 0.2) is 9.84 Å². The zero-order valence-corrected chi connectivity index (χ0v) is 13.8. The molecule has 0 unspecified atom stereocenters. The summed E-state index contributed by atoms with van der Waals surface area (Å²) in [6.07, 6.45) is 1.89. The second kappa shape index (κ2) is 7.29. The Morgan fingerprint density at radius 1 is 1.26 bits per heavy atom. The molecule has 0 saturated heterocycles. The average molecular weight is 342 g/mol. The van der Waals surface area contributed by atoms with Crippen LogP contribution in [0.5, 0.6) is 5.75 Å². The maximum atomic E-state index is 12.7. The van der Waals surface area contributed by atoms with E-state index in [1.54, 1.807) is 24.3 Å². The Kier molecular flexibility index (Phi) is 5.61. The number of hydrogen-bond acceptors (Lipinski definition) is 6. The first-order valence-electron chi connectivity index (χ1n) is 7.46. The third-order valence-electron chi connectivity index (χ3n) is 4.21. The van der Waals surface area contributed by atoms with E-state index < -0.39 is 21.0 Å². The van der Waals surface area contributed by atoms with Crippen molar-refractivity contribution >= 4 is 15.7 Å². The molecule has 1 aliphatic carbocycles. The van der Waals surface area contributed by atoms with Crippen molar-refractivity contribution in [2.24, 2.45) is 5.73 Å². The van der Waals surface area contributed by atoms with E-state index in [0.29, 0.717) is 31.4 Å². The largest absolute Gasteiger partial charge is 0.497 e. The van der Waals surface area contributed by atoms with Gasteiger partial charge in [-0.25, -0.2) is 8.42 Å². The van der Waals surface area contributed by atoms with Crippen molar-refractivity contribution in [2.45, 2.75) is 41.9 Å². The highest BCUT2D eigenvalue weighted by molar-refractivity contribution is 7.92.